The Hall–Kier alpha value is -0.790. The smallest absolute Gasteiger partial charge is 0.241 e. The molecular weight excluding hydrogens is 311 g/mol. The molecule has 2 atom stereocenters. The molecule has 1 aromatic carbocycles. The van der Waals surface area contributed by atoms with Crippen molar-refractivity contribution in [2.45, 2.75) is 48.8 Å². The third-order valence-electron chi connectivity index (χ3n) is 3.90. The highest BCUT2D eigenvalue weighted by molar-refractivity contribution is 7.99. The quantitative estimate of drug-likeness (QED) is 0.832. The molecule has 4 nitrogen and oxygen atoms in total. The summed E-state index contributed by atoms with van der Waals surface area (Å²) in [5.41, 5.74) is 5.72. The summed E-state index contributed by atoms with van der Waals surface area (Å²) in [6.45, 7) is 1.57. The van der Waals surface area contributed by atoms with Gasteiger partial charge in [0.2, 0.25) is 10.0 Å². The highest BCUT2D eigenvalue weighted by atomic mass is 32.2. The number of hydrogen-bond acceptors (Lipinski definition) is 4. The summed E-state index contributed by atoms with van der Waals surface area (Å²) >= 11 is 1.69. The Morgan fingerprint density at radius 1 is 1.33 bits per heavy atom. The van der Waals surface area contributed by atoms with Gasteiger partial charge in [-0.3, -0.25) is 0 Å². The van der Waals surface area contributed by atoms with E-state index >= 15 is 0 Å². The number of thioether (sulfide) groups is 1. The molecule has 0 aromatic heterocycles. The molecule has 1 aliphatic carbocycles. The molecule has 1 aliphatic rings. The molecule has 2 unspecified atom stereocenters. The van der Waals surface area contributed by atoms with Crippen molar-refractivity contribution in [3.05, 3.63) is 23.5 Å². The van der Waals surface area contributed by atoms with Crippen molar-refractivity contribution < 1.29 is 12.8 Å². The van der Waals surface area contributed by atoms with Gasteiger partial charge in [-0.1, -0.05) is 12.8 Å². The number of nitrogens with two attached hydrogens (primary N) is 1. The van der Waals surface area contributed by atoms with Crippen molar-refractivity contribution >= 4 is 27.5 Å². The van der Waals surface area contributed by atoms with E-state index in [1.165, 1.54) is 6.07 Å². The number of hydrogen-bond donors (Lipinski definition) is 2. The number of nitrogens with one attached hydrogen (secondary N) is 1. The Bertz CT molecular complexity index is 620. The summed E-state index contributed by atoms with van der Waals surface area (Å²) in [6, 6.07) is 2.28. The van der Waals surface area contributed by atoms with Crippen LogP contribution in [0.5, 0.6) is 0 Å². The number of anilines is 1. The lowest BCUT2D eigenvalue weighted by Crippen LogP contribution is -2.43. The van der Waals surface area contributed by atoms with Crippen molar-refractivity contribution in [3.63, 3.8) is 0 Å². The number of halogens is 1. The molecule has 1 aromatic rings. The van der Waals surface area contributed by atoms with Gasteiger partial charge in [0.05, 0.1) is 10.6 Å². The topological polar surface area (TPSA) is 72.2 Å². The second kappa shape index (κ2) is 6.54. The fourth-order valence-corrected chi connectivity index (χ4v) is 5.33. The molecule has 7 heteroatoms. The van der Waals surface area contributed by atoms with Gasteiger partial charge in [-0.2, -0.15) is 11.8 Å². The van der Waals surface area contributed by atoms with Crippen LogP contribution in [0.25, 0.3) is 0 Å². The Morgan fingerprint density at radius 3 is 2.67 bits per heavy atom. The fourth-order valence-electron chi connectivity index (χ4n) is 2.73. The van der Waals surface area contributed by atoms with Crippen molar-refractivity contribution in [3.8, 4) is 0 Å². The second-order valence-electron chi connectivity index (χ2n) is 5.43. The minimum Gasteiger partial charge on any atom is -0.396 e. The number of nitrogen functional groups attached to an aromatic ring is 1. The molecule has 2 rings (SSSR count). The van der Waals surface area contributed by atoms with Gasteiger partial charge in [-0.15, -0.1) is 0 Å². The Labute approximate surface area is 129 Å². The monoisotopic (exact) mass is 332 g/mol. The van der Waals surface area contributed by atoms with Gasteiger partial charge in [0.25, 0.3) is 0 Å². The molecule has 0 aliphatic heterocycles. The van der Waals surface area contributed by atoms with Gasteiger partial charge in [0, 0.05) is 11.3 Å². The van der Waals surface area contributed by atoms with Gasteiger partial charge < -0.3 is 5.73 Å². The van der Waals surface area contributed by atoms with E-state index in [0.29, 0.717) is 5.56 Å². The van der Waals surface area contributed by atoms with Gasteiger partial charge in [-0.05, 0) is 43.7 Å². The van der Waals surface area contributed by atoms with Gasteiger partial charge >= 0.3 is 0 Å². The van der Waals surface area contributed by atoms with Crippen molar-refractivity contribution in [2.24, 2.45) is 0 Å². The van der Waals surface area contributed by atoms with Gasteiger partial charge in [0.15, 0.2) is 0 Å². The van der Waals surface area contributed by atoms with Crippen molar-refractivity contribution in [1.82, 2.24) is 4.72 Å². The summed E-state index contributed by atoms with van der Waals surface area (Å²) < 4.78 is 41.2. The van der Waals surface area contributed by atoms with Crippen LogP contribution in [0.15, 0.2) is 17.0 Å². The molecular formula is C14H21FN2O2S2. The number of rotatable bonds is 4. The minimum atomic E-state index is -3.68. The van der Waals surface area contributed by atoms with Crippen LogP contribution >= 0.6 is 11.8 Å². The van der Waals surface area contributed by atoms with Crippen LogP contribution in [0.1, 0.15) is 31.2 Å². The highest BCUT2D eigenvalue weighted by Crippen LogP contribution is 2.29. The van der Waals surface area contributed by atoms with Crippen LogP contribution in [-0.4, -0.2) is 26.0 Å². The molecule has 118 valence electrons. The van der Waals surface area contributed by atoms with Crippen LogP contribution in [0, 0.1) is 12.7 Å². The number of aryl methyl sites for hydroxylation is 1. The summed E-state index contributed by atoms with van der Waals surface area (Å²) in [6.07, 6.45) is 6.00. The molecule has 0 heterocycles. The largest absolute Gasteiger partial charge is 0.396 e. The van der Waals surface area contributed by atoms with E-state index in [1.807, 2.05) is 6.26 Å². The second-order valence-corrected chi connectivity index (χ2v) is 8.18. The van der Waals surface area contributed by atoms with E-state index in [2.05, 4.69) is 4.72 Å². The maximum absolute atomic E-state index is 13.4. The Balaban J connectivity index is 2.28. The first-order chi connectivity index (χ1) is 9.85. The molecule has 0 radical (unpaired) electrons. The zero-order valence-corrected chi connectivity index (χ0v) is 13.9. The predicted molar refractivity (Wildman–Crippen MR) is 85.4 cm³/mol. The predicted octanol–water partition coefficient (Wildman–Crippen LogP) is 2.67. The molecule has 1 fully saturated rings. The van der Waals surface area contributed by atoms with E-state index in [9.17, 15) is 12.8 Å². The first-order valence-corrected chi connectivity index (χ1v) is 9.73. The Morgan fingerprint density at radius 2 is 2.00 bits per heavy atom. The van der Waals surface area contributed by atoms with Crippen LogP contribution in [-0.2, 0) is 10.0 Å². The average molecular weight is 332 g/mol. The van der Waals surface area contributed by atoms with Crippen molar-refractivity contribution in [2.75, 3.05) is 12.0 Å². The summed E-state index contributed by atoms with van der Waals surface area (Å²) in [7, 11) is -3.68. The normalized spacial score (nSPS) is 23.2. The molecule has 3 N–H and O–H groups in total. The number of sulfonamides is 1. The zero-order valence-electron chi connectivity index (χ0n) is 12.2. The van der Waals surface area contributed by atoms with E-state index < -0.39 is 15.8 Å². The minimum absolute atomic E-state index is 0.0619. The zero-order chi connectivity index (χ0) is 15.6. The first-order valence-electron chi connectivity index (χ1n) is 6.96. The molecule has 0 spiro atoms. The fraction of sp³-hybridized carbons (Fsp3) is 0.571. The van der Waals surface area contributed by atoms with Crippen LogP contribution < -0.4 is 10.5 Å². The molecule has 0 saturated heterocycles. The SMILES string of the molecule is CSC1CCCCC1NS(=O)(=O)c1cc(N)c(F)cc1C. The maximum atomic E-state index is 13.4. The highest BCUT2D eigenvalue weighted by Gasteiger charge is 2.30. The lowest BCUT2D eigenvalue weighted by molar-refractivity contribution is 0.423. The Kier molecular flexibility index (Phi) is 5.16. The summed E-state index contributed by atoms with van der Waals surface area (Å²) in [4.78, 5) is 0.0619. The lowest BCUT2D eigenvalue weighted by Gasteiger charge is -2.30. The number of benzene rings is 1. The molecule has 0 amide bonds. The third-order valence-corrected chi connectivity index (χ3v) is 6.70. The van der Waals surface area contributed by atoms with Gasteiger partial charge in [-0.25, -0.2) is 17.5 Å². The van der Waals surface area contributed by atoms with Gasteiger partial charge in [0.1, 0.15) is 5.82 Å². The molecule has 21 heavy (non-hydrogen) atoms. The van der Waals surface area contributed by atoms with E-state index in [4.69, 9.17) is 5.73 Å². The lowest BCUT2D eigenvalue weighted by atomic mass is 9.96. The molecule has 0 bridgehead atoms. The summed E-state index contributed by atoms with van der Waals surface area (Å²) in [5.74, 6) is -0.592. The average Bonchev–Trinajstić information content (AvgIpc) is 2.43. The van der Waals surface area contributed by atoms with E-state index in [1.54, 1.807) is 18.7 Å². The summed E-state index contributed by atoms with van der Waals surface area (Å²) in [5, 5.41) is 0.284. The standard InChI is InChI=1S/C14H21FN2O2S2/c1-9-7-10(15)11(16)8-14(9)21(18,19)17-12-5-3-4-6-13(12)20-2/h7-8,12-13,17H,3-6,16H2,1-2H3. The van der Waals surface area contributed by atoms with Crippen LogP contribution in [0.4, 0.5) is 10.1 Å². The van der Waals surface area contributed by atoms with Crippen molar-refractivity contribution in [1.29, 1.82) is 0 Å². The third kappa shape index (κ3) is 3.70. The van der Waals surface area contributed by atoms with Crippen LogP contribution in [0.2, 0.25) is 0 Å². The van der Waals surface area contributed by atoms with E-state index in [0.717, 1.165) is 31.7 Å². The van der Waals surface area contributed by atoms with E-state index in [-0.39, 0.29) is 21.9 Å². The first kappa shape index (κ1) is 16.6. The maximum Gasteiger partial charge on any atom is 0.241 e. The molecule has 1 saturated carbocycles. The van der Waals surface area contributed by atoms with Crippen LogP contribution in [0.3, 0.4) is 0 Å².